The molecule has 0 fully saturated rings. The number of aryl methyl sites for hydroxylation is 1. The molecule has 4 heteroatoms. The molecule has 0 bridgehead atoms. The molecule has 0 saturated carbocycles. The highest BCUT2D eigenvalue weighted by molar-refractivity contribution is 6.08. The van der Waals surface area contributed by atoms with Gasteiger partial charge in [-0.3, -0.25) is 9.89 Å². The summed E-state index contributed by atoms with van der Waals surface area (Å²) in [5.41, 5.74) is 3.88. The largest absolute Gasteiger partial charge is 0.308 e. The summed E-state index contributed by atoms with van der Waals surface area (Å²) in [5, 5.41) is 7.94. The summed E-state index contributed by atoms with van der Waals surface area (Å²) in [6, 6.07) is 13.8. The van der Waals surface area contributed by atoms with Crippen molar-refractivity contribution >= 4 is 22.5 Å². The van der Waals surface area contributed by atoms with Crippen LogP contribution >= 0.6 is 0 Å². The average molecular weight is 277 g/mol. The lowest BCUT2D eigenvalue weighted by molar-refractivity contribution is 0.0985. The number of aromatic amines is 1. The number of rotatable bonds is 1. The summed E-state index contributed by atoms with van der Waals surface area (Å²) in [6.07, 6.45) is 3.81. The Morgan fingerprint density at radius 3 is 3.05 bits per heavy atom. The molecule has 1 N–H and O–H groups in total. The van der Waals surface area contributed by atoms with E-state index in [2.05, 4.69) is 16.3 Å². The molecule has 4 rings (SSSR count). The first kappa shape index (κ1) is 12.1. The van der Waals surface area contributed by atoms with Gasteiger partial charge in [0, 0.05) is 23.2 Å². The zero-order valence-corrected chi connectivity index (χ0v) is 11.5. The SMILES string of the molecule is O=C(c1ccc2cn[nH]c2c1)N1CCCc2ccccc21. The number of H-pyrrole nitrogens is 1. The zero-order valence-electron chi connectivity index (χ0n) is 11.5. The number of aromatic nitrogens is 2. The summed E-state index contributed by atoms with van der Waals surface area (Å²) in [5.74, 6) is 0.0543. The molecular formula is C17H15N3O. The highest BCUT2D eigenvalue weighted by Crippen LogP contribution is 2.28. The van der Waals surface area contributed by atoms with Gasteiger partial charge in [0.05, 0.1) is 11.7 Å². The van der Waals surface area contributed by atoms with Crippen LogP contribution in [0.3, 0.4) is 0 Å². The quantitative estimate of drug-likeness (QED) is 0.742. The summed E-state index contributed by atoms with van der Waals surface area (Å²) < 4.78 is 0. The topological polar surface area (TPSA) is 49.0 Å². The van der Waals surface area contributed by atoms with Crippen LogP contribution in [0.2, 0.25) is 0 Å². The Labute approximate surface area is 122 Å². The van der Waals surface area contributed by atoms with Crippen molar-refractivity contribution < 1.29 is 4.79 Å². The number of fused-ring (bicyclic) bond motifs is 2. The van der Waals surface area contributed by atoms with E-state index < -0.39 is 0 Å². The molecule has 1 aliphatic heterocycles. The monoisotopic (exact) mass is 277 g/mol. The van der Waals surface area contributed by atoms with Crippen LogP contribution in [0.15, 0.2) is 48.7 Å². The Morgan fingerprint density at radius 1 is 1.19 bits per heavy atom. The molecule has 3 aromatic rings. The van der Waals surface area contributed by atoms with Gasteiger partial charge < -0.3 is 4.90 Å². The molecule has 1 amide bonds. The number of benzene rings is 2. The van der Waals surface area contributed by atoms with Crippen molar-refractivity contribution in [3.8, 4) is 0 Å². The number of nitrogens with zero attached hydrogens (tertiary/aromatic N) is 2. The summed E-state index contributed by atoms with van der Waals surface area (Å²) in [7, 11) is 0. The minimum Gasteiger partial charge on any atom is -0.308 e. The molecular weight excluding hydrogens is 262 g/mol. The lowest BCUT2D eigenvalue weighted by atomic mass is 10.0. The number of amides is 1. The number of nitrogens with one attached hydrogen (secondary N) is 1. The molecule has 1 aromatic heterocycles. The first-order valence-corrected chi connectivity index (χ1v) is 7.16. The van der Waals surface area contributed by atoms with E-state index in [9.17, 15) is 4.79 Å². The maximum Gasteiger partial charge on any atom is 0.258 e. The Hall–Kier alpha value is -2.62. The minimum atomic E-state index is 0.0543. The Bertz CT molecular complexity index is 822. The normalized spacial score (nSPS) is 14.2. The van der Waals surface area contributed by atoms with Crippen LogP contribution in [-0.2, 0) is 6.42 Å². The van der Waals surface area contributed by atoms with Gasteiger partial charge in [0.1, 0.15) is 0 Å². The van der Waals surface area contributed by atoms with Gasteiger partial charge in [-0.25, -0.2) is 0 Å². The maximum absolute atomic E-state index is 12.8. The van der Waals surface area contributed by atoms with Crippen molar-refractivity contribution in [1.29, 1.82) is 0 Å². The van der Waals surface area contributed by atoms with Gasteiger partial charge in [0.15, 0.2) is 0 Å². The average Bonchev–Trinajstić information content (AvgIpc) is 3.01. The van der Waals surface area contributed by atoms with Gasteiger partial charge in [-0.15, -0.1) is 0 Å². The van der Waals surface area contributed by atoms with Crippen molar-refractivity contribution in [2.75, 3.05) is 11.4 Å². The number of carbonyl (C=O) groups excluding carboxylic acids is 1. The Balaban J connectivity index is 1.75. The van der Waals surface area contributed by atoms with Gasteiger partial charge in [-0.1, -0.05) is 24.3 Å². The van der Waals surface area contributed by atoms with E-state index in [1.165, 1.54) is 5.56 Å². The smallest absolute Gasteiger partial charge is 0.258 e. The second-order valence-electron chi connectivity index (χ2n) is 5.36. The lowest BCUT2D eigenvalue weighted by Gasteiger charge is -2.29. The standard InChI is InChI=1S/C17H15N3O/c21-17(13-7-8-14-11-18-19-15(14)10-13)20-9-3-5-12-4-1-2-6-16(12)20/h1-2,4,6-8,10-11H,3,5,9H2,(H,18,19). The second-order valence-corrected chi connectivity index (χ2v) is 5.36. The Kier molecular flexibility index (Phi) is 2.74. The molecule has 21 heavy (non-hydrogen) atoms. The van der Waals surface area contributed by atoms with Crippen LogP contribution in [0.5, 0.6) is 0 Å². The number of hydrogen-bond acceptors (Lipinski definition) is 2. The van der Waals surface area contributed by atoms with E-state index in [1.54, 1.807) is 6.20 Å². The fourth-order valence-electron chi connectivity index (χ4n) is 2.97. The van der Waals surface area contributed by atoms with Crippen LogP contribution in [0.4, 0.5) is 5.69 Å². The van der Waals surface area contributed by atoms with E-state index in [-0.39, 0.29) is 5.91 Å². The van der Waals surface area contributed by atoms with Crippen molar-refractivity contribution in [1.82, 2.24) is 10.2 Å². The third kappa shape index (κ3) is 2.00. The molecule has 1 aliphatic rings. The predicted molar refractivity (Wildman–Crippen MR) is 82.5 cm³/mol. The van der Waals surface area contributed by atoms with E-state index in [0.29, 0.717) is 5.56 Å². The van der Waals surface area contributed by atoms with E-state index >= 15 is 0 Å². The van der Waals surface area contributed by atoms with Gasteiger partial charge in [0.2, 0.25) is 0 Å². The maximum atomic E-state index is 12.8. The van der Waals surface area contributed by atoms with Gasteiger partial charge >= 0.3 is 0 Å². The van der Waals surface area contributed by atoms with Crippen molar-refractivity contribution in [3.05, 3.63) is 59.8 Å². The molecule has 0 atom stereocenters. The van der Waals surface area contributed by atoms with E-state index in [4.69, 9.17) is 0 Å². The lowest BCUT2D eigenvalue weighted by Crippen LogP contribution is -2.35. The van der Waals surface area contributed by atoms with Crippen molar-refractivity contribution in [2.45, 2.75) is 12.8 Å². The van der Waals surface area contributed by atoms with Crippen LogP contribution in [-0.4, -0.2) is 22.6 Å². The third-order valence-corrected chi connectivity index (χ3v) is 4.04. The highest BCUT2D eigenvalue weighted by atomic mass is 16.2. The molecule has 0 unspecified atom stereocenters. The summed E-state index contributed by atoms with van der Waals surface area (Å²) >= 11 is 0. The van der Waals surface area contributed by atoms with Crippen LogP contribution in [0.1, 0.15) is 22.3 Å². The fraction of sp³-hybridized carbons (Fsp3) is 0.176. The molecule has 104 valence electrons. The first-order chi connectivity index (χ1) is 10.3. The predicted octanol–water partition coefficient (Wildman–Crippen LogP) is 3.16. The molecule has 0 radical (unpaired) electrons. The van der Waals surface area contributed by atoms with Crippen LogP contribution < -0.4 is 4.90 Å². The van der Waals surface area contributed by atoms with Gasteiger partial charge in [0.25, 0.3) is 5.91 Å². The van der Waals surface area contributed by atoms with Crippen molar-refractivity contribution in [2.24, 2.45) is 0 Å². The molecule has 0 spiro atoms. The molecule has 4 nitrogen and oxygen atoms in total. The summed E-state index contributed by atoms with van der Waals surface area (Å²) in [6.45, 7) is 0.775. The molecule has 0 aliphatic carbocycles. The zero-order chi connectivity index (χ0) is 14.2. The van der Waals surface area contributed by atoms with Crippen LogP contribution in [0, 0.1) is 0 Å². The third-order valence-electron chi connectivity index (χ3n) is 4.04. The molecule has 2 aromatic carbocycles. The minimum absolute atomic E-state index is 0.0543. The van der Waals surface area contributed by atoms with Gasteiger partial charge in [-0.2, -0.15) is 5.10 Å². The summed E-state index contributed by atoms with van der Waals surface area (Å²) in [4.78, 5) is 14.7. The van der Waals surface area contributed by atoms with Crippen molar-refractivity contribution in [3.63, 3.8) is 0 Å². The first-order valence-electron chi connectivity index (χ1n) is 7.16. The number of para-hydroxylation sites is 1. The number of hydrogen-bond donors (Lipinski definition) is 1. The van der Waals surface area contributed by atoms with Gasteiger partial charge in [-0.05, 0) is 36.6 Å². The van der Waals surface area contributed by atoms with Crippen LogP contribution in [0.25, 0.3) is 10.9 Å². The van der Waals surface area contributed by atoms with E-state index in [1.807, 2.05) is 41.3 Å². The van der Waals surface area contributed by atoms with E-state index in [0.717, 1.165) is 36.0 Å². The highest BCUT2D eigenvalue weighted by Gasteiger charge is 2.23. The molecule has 0 saturated heterocycles. The second kappa shape index (κ2) is 4.74. The Morgan fingerprint density at radius 2 is 2.10 bits per heavy atom. The fourth-order valence-corrected chi connectivity index (χ4v) is 2.97. The number of anilines is 1. The number of carbonyl (C=O) groups is 1. The molecule has 2 heterocycles.